The van der Waals surface area contributed by atoms with Gasteiger partial charge >= 0.3 is 0 Å². The summed E-state index contributed by atoms with van der Waals surface area (Å²) in [6.07, 6.45) is 2.00. The Morgan fingerprint density at radius 2 is 1.90 bits per heavy atom. The molecule has 1 aromatic heterocycles. The van der Waals surface area contributed by atoms with Gasteiger partial charge in [0.25, 0.3) is 0 Å². The highest BCUT2D eigenvalue weighted by Gasteiger charge is 2.15. The third-order valence-electron chi connectivity index (χ3n) is 3.54. The van der Waals surface area contributed by atoms with E-state index in [2.05, 4.69) is 31.3 Å². The number of hydrogen-bond donors (Lipinski definition) is 1. The van der Waals surface area contributed by atoms with E-state index in [1.165, 1.54) is 15.8 Å². The first-order valence-corrected chi connectivity index (χ1v) is 8.02. The van der Waals surface area contributed by atoms with Gasteiger partial charge in [0.15, 0.2) is 0 Å². The van der Waals surface area contributed by atoms with Crippen molar-refractivity contribution in [2.45, 2.75) is 39.7 Å². The van der Waals surface area contributed by atoms with E-state index in [1.54, 1.807) is 6.07 Å². The molecule has 20 heavy (non-hydrogen) atoms. The topological polar surface area (TPSA) is 12.0 Å². The Morgan fingerprint density at radius 1 is 1.15 bits per heavy atom. The third kappa shape index (κ3) is 3.68. The molecule has 0 saturated carbocycles. The summed E-state index contributed by atoms with van der Waals surface area (Å²) in [6.45, 7) is 7.19. The molecule has 1 aromatic carbocycles. The van der Waals surface area contributed by atoms with Crippen LogP contribution < -0.4 is 5.32 Å². The van der Waals surface area contributed by atoms with Gasteiger partial charge in [0.1, 0.15) is 5.82 Å². The lowest BCUT2D eigenvalue weighted by Gasteiger charge is -2.20. The summed E-state index contributed by atoms with van der Waals surface area (Å²) in [5.41, 5.74) is 2.21. The predicted molar refractivity (Wildman–Crippen MR) is 85.0 cm³/mol. The van der Waals surface area contributed by atoms with Gasteiger partial charge in [-0.15, -0.1) is 11.3 Å². The van der Waals surface area contributed by atoms with Crippen LogP contribution in [0.15, 0.2) is 30.3 Å². The van der Waals surface area contributed by atoms with Crippen molar-refractivity contribution in [1.29, 1.82) is 0 Å². The van der Waals surface area contributed by atoms with Crippen molar-refractivity contribution in [1.82, 2.24) is 5.32 Å². The molecule has 0 aliphatic carbocycles. The molecular weight excluding hydrogens is 269 g/mol. The number of aryl methyl sites for hydroxylation is 2. The van der Waals surface area contributed by atoms with Crippen molar-refractivity contribution in [3.05, 3.63) is 57.0 Å². The monoisotopic (exact) mass is 291 g/mol. The number of thiophene rings is 1. The Labute approximate surface area is 124 Å². The second-order valence-corrected chi connectivity index (χ2v) is 6.29. The summed E-state index contributed by atoms with van der Waals surface area (Å²) >= 11 is 1.86. The Kier molecular flexibility index (Phi) is 5.32. The van der Waals surface area contributed by atoms with E-state index in [9.17, 15) is 4.39 Å². The number of nitrogens with one attached hydrogen (secondary N) is 1. The maximum absolute atomic E-state index is 13.5. The maximum Gasteiger partial charge on any atom is 0.123 e. The lowest BCUT2D eigenvalue weighted by molar-refractivity contribution is 0.543. The fourth-order valence-electron chi connectivity index (χ4n) is 2.45. The second kappa shape index (κ2) is 7.00. The van der Waals surface area contributed by atoms with Gasteiger partial charge in [0.2, 0.25) is 0 Å². The molecule has 0 aliphatic heterocycles. The van der Waals surface area contributed by atoms with Crippen molar-refractivity contribution >= 4 is 11.3 Å². The molecule has 1 heterocycles. The minimum absolute atomic E-state index is 0.158. The first-order valence-electron chi connectivity index (χ1n) is 7.21. The highest BCUT2D eigenvalue weighted by molar-refractivity contribution is 7.11. The molecule has 1 nitrogen and oxygen atoms in total. The van der Waals surface area contributed by atoms with Crippen LogP contribution in [0.5, 0.6) is 0 Å². The molecule has 0 saturated heterocycles. The zero-order valence-electron chi connectivity index (χ0n) is 12.4. The summed E-state index contributed by atoms with van der Waals surface area (Å²) in [6, 6.07) is 9.63. The average Bonchev–Trinajstić information content (AvgIpc) is 2.89. The molecule has 0 aliphatic rings. The number of benzene rings is 1. The van der Waals surface area contributed by atoms with Crippen LogP contribution in [-0.2, 0) is 12.8 Å². The van der Waals surface area contributed by atoms with Crippen LogP contribution in [0.1, 0.15) is 40.8 Å². The largest absolute Gasteiger partial charge is 0.310 e. The maximum atomic E-state index is 13.5. The van der Waals surface area contributed by atoms with Crippen molar-refractivity contribution < 1.29 is 4.39 Å². The molecule has 0 amide bonds. The Bertz CT molecular complexity index is 562. The van der Waals surface area contributed by atoms with Crippen LogP contribution in [0.4, 0.5) is 4.39 Å². The standard InChI is InChI=1S/C17H22FNS/c1-4-14-8-9-15(20-14)11-17(19-5-2)16-10-13(18)7-6-12(16)3/h6-10,17,19H,4-5,11H2,1-3H3. The fourth-order valence-corrected chi connectivity index (χ4v) is 3.45. The van der Waals surface area contributed by atoms with Gasteiger partial charge in [-0.3, -0.25) is 0 Å². The van der Waals surface area contributed by atoms with Crippen molar-refractivity contribution in [3.8, 4) is 0 Å². The zero-order chi connectivity index (χ0) is 14.5. The van der Waals surface area contributed by atoms with Crippen LogP contribution in [0.2, 0.25) is 0 Å². The van der Waals surface area contributed by atoms with E-state index in [0.717, 1.165) is 30.5 Å². The number of halogens is 1. The SMILES string of the molecule is CCNC(Cc1ccc(CC)s1)c1cc(F)ccc1C. The molecule has 0 radical (unpaired) electrons. The lowest BCUT2D eigenvalue weighted by Crippen LogP contribution is -2.23. The van der Waals surface area contributed by atoms with Crippen LogP contribution in [-0.4, -0.2) is 6.54 Å². The third-order valence-corrected chi connectivity index (χ3v) is 4.79. The quantitative estimate of drug-likeness (QED) is 0.817. The smallest absolute Gasteiger partial charge is 0.123 e. The predicted octanol–water partition coefficient (Wildman–Crippen LogP) is 4.65. The van der Waals surface area contributed by atoms with Gasteiger partial charge in [-0.25, -0.2) is 4.39 Å². The Morgan fingerprint density at radius 3 is 2.55 bits per heavy atom. The lowest BCUT2D eigenvalue weighted by atomic mass is 9.98. The Hall–Kier alpha value is -1.19. The van der Waals surface area contributed by atoms with Gasteiger partial charge in [-0.1, -0.05) is 19.9 Å². The van der Waals surface area contributed by atoms with Gasteiger partial charge in [-0.2, -0.15) is 0 Å². The molecule has 1 N–H and O–H groups in total. The number of likely N-dealkylation sites (N-methyl/N-ethyl adjacent to an activating group) is 1. The van der Waals surface area contributed by atoms with E-state index < -0.39 is 0 Å². The first kappa shape index (κ1) is 15.2. The minimum atomic E-state index is -0.158. The van der Waals surface area contributed by atoms with E-state index in [1.807, 2.05) is 24.3 Å². The Balaban J connectivity index is 2.23. The van der Waals surface area contributed by atoms with Crippen LogP contribution in [0.3, 0.4) is 0 Å². The molecule has 1 atom stereocenters. The van der Waals surface area contributed by atoms with Gasteiger partial charge in [0, 0.05) is 22.2 Å². The molecule has 1 unspecified atom stereocenters. The molecule has 0 fully saturated rings. The minimum Gasteiger partial charge on any atom is -0.310 e. The summed E-state index contributed by atoms with van der Waals surface area (Å²) in [7, 11) is 0. The van der Waals surface area contributed by atoms with Crippen molar-refractivity contribution in [2.24, 2.45) is 0 Å². The second-order valence-electron chi connectivity index (χ2n) is 5.04. The summed E-state index contributed by atoms with van der Waals surface area (Å²) < 4.78 is 13.5. The molecule has 3 heteroatoms. The van der Waals surface area contributed by atoms with Gasteiger partial charge < -0.3 is 5.32 Å². The number of hydrogen-bond acceptors (Lipinski definition) is 2. The first-order chi connectivity index (χ1) is 9.63. The molecule has 2 aromatic rings. The summed E-state index contributed by atoms with van der Waals surface area (Å²) in [4.78, 5) is 2.77. The van der Waals surface area contributed by atoms with Crippen LogP contribution >= 0.6 is 11.3 Å². The van der Waals surface area contributed by atoms with E-state index in [4.69, 9.17) is 0 Å². The highest BCUT2D eigenvalue weighted by atomic mass is 32.1. The van der Waals surface area contributed by atoms with E-state index >= 15 is 0 Å². The highest BCUT2D eigenvalue weighted by Crippen LogP contribution is 2.26. The van der Waals surface area contributed by atoms with E-state index in [0.29, 0.717) is 0 Å². The summed E-state index contributed by atoms with van der Waals surface area (Å²) in [5.74, 6) is -0.158. The van der Waals surface area contributed by atoms with Crippen molar-refractivity contribution in [2.75, 3.05) is 6.54 Å². The number of rotatable bonds is 6. The summed E-state index contributed by atoms with van der Waals surface area (Å²) in [5, 5.41) is 3.48. The fraction of sp³-hybridized carbons (Fsp3) is 0.412. The van der Waals surface area contributed by atoms with Gasteiger partial charge in [0.05, 0.1) is 0 Å². The van der Waals surface area contributed by atoms with Crippen LogP contribution in [0.25, 0.3) is 0 Å². The molecular formula is C17H22FNS. The van der Waals surface area contributed by atoms with E-state index in [-0.39, 0.29) is 11.9 Å². The zero-order valence-corrected chi connectivity index (χ0v) is 13.2. The van der Waals surface area contributed by atoms with Crippen LogP contribution in [0, 0.1) is 12.7 Å². The molecule has 0 bridgehead atoms. The molecule has 108 valence electrons. The molecule has 2 rings (SSSR count). The average molecular weight is 291 g/mol. The van der Waals surface area contributed by atoms with Gasteiger partial charge in [-0.05, 0) is 55.3 Å². The normalized spacial score (nSPS) is 12.6. The molecule has 0 spiro atoms. The van der Waals surface area contributed by atoms with Crippen molar-refractivity contribution in [3.63, 3.8) is 0 Å².